The smallest absolute Gasteiger partial charge is 0.0890 e. The lowest BCUT2D eigenvalue weighted by molar-refractivity contribution is 0.535. The van der Waals surface area contributed by atoms with Crippen LogP contribution >= 0.6 is 0 Å². The Hall–Kier alpha value is -1.74. The Morgan fingerprint density at radius 3 is 2.72 bits per heavy atom. The SMILES string of the molecule is C=C(C)CCC(NC)c1cnc2ccccc2n1. The van der Waals surface area contributed by atoms with Crippen molar-refractivity contribution in [3.05, 3.63) is 48.3 Å². The van der Waals surface area contributed by atoms with Crippen molar-refractivity contribution in [2.24, 2.45) is 0 Å². The molecule has 0 aliphatic heterocycles. The second-order valence-corrected chi connectivity index (χ2v) is 4.62. The van der Waals surface area contributed by atoms with Crippen LogP contribution < -0.4 is 5.32 Å². The third-order valence-electron chi connectivity index (χ3n) is 3.03. The predicted molar refractivity (Wildman–Crippen MR) is 75.4 cm³/mol. The van der Waals surface area contributed by atoms with Gasteiger partial charge < -0.3 is 5.32 Å². The molecular formula is C15H19N3. The first-order valence-electron chi connectivity index (χ1n) is 6.24. The highest BCUT2D eigenvalue weighted by Gasteiger charge is 2.11. The van der Waals surface area contributed by atoms with Crippen LogP contribution in [-0.4, -0.2) is 17.0 Å². The van der Waals surface area contributed by atoms with Crippen molar-refractivity contribution >= 4 is 11.0 Å². The van der Waals surface area contributed by atoms with Crippen LogP contribution in [0.3, 0.4) is 0 Å². The number of rotatable bonds is 5. The topological polar surface area (TPSA) is 37.8 Å². The zero-order valence-electron chi connectivity index (χ0n) is 11.0. The summed E-state index contributed by atoms with van der Waals surface area (Å²) in [7, 11) is 1.96. The summed E-state index contributed by atoms with van der Waals surface area (Å²) in [5, 5.41) is 3.29. The van der Waals surface area contributed by atoms with Gasteiger partial charge in [-0.15, -0.1) is 6.58 Å². The van der Waals surface area contributed by atoms with Gasteiger partial charge in [-0.25, -0.2) is 4.98 Å². The number of benzene rings is 1. The molecule has 0 spiro atoms. The van der Waals surface area contributed by atoms with E-state index in [1.54, 1.807) is 0 Å². The highest BCUT2D eigenvalue weighted by Crippen LogP contribution is 2.19. The van der Waals surface area contributed by atoms with Gasteiger partial charge in [0, 0.05) is 0 Å². The van der Waals surface area contributed by atoms with Crippen molar-refractivity contribution in [1.29, 1.82) is 0 Å². The summed E-state index contributed by atoms with van der Waals surface area (Å²) in [6, 6.07) is 8.18. The Balaban J connectivity index is 2.24. The molecule has 1 aromatic carbocycles. The van der Waals surface area contributed by atoms with E-state index in [-0.39, 0.29) is 6.04 Å². The minimum absolute atomic E-state index is 0.235. The van der Waals surface area contributed by atoms with Crippen LogP contribution in [0.2, 0.25) is 0 Å². The number of aromatic nitrogens is 2. The van der Waals surface area contributed by atoms with Crippen LogP contribution in [0, 0.1) is 0 Å². The van der Waals surface area contributed by atoms with Crippen molar-refractivity contribution in [3.8, 4) is 0 Å². The second kappa shape index (κ2) is 5.74. The minimum Gasteiger partial charge on any atom is -0.312 e. The Bertz CT molecular complexity index is 548. The van der Waals surface area contributed by atoms with E-state index in [2.05, 4.69) is 28.8 Å². The molecule has 0 aliphatic carbocycles. The van der Waals surface area contributed by atoms with Crippen molar-refractivity contribution in [1.82, 2.24) is 15.3 Å². The van der Waals surface area contributed by atoms with Gasteiger partial charge in [0.25, 0.3) is 0 Å². The molecule has 0 radical (unpaired) electrons. The monoisotopic (exact) mass is 241 g/mol. The molecule has 1 N–H and O–H groups in total. The number of para-hydroxylation sites is 2. The highest BCUT2D eigenvalue weighted by molar-refractivity contribution is 5.73. The van der Waals surface area contributed by atoms with E-state index < -0.39 is 0 Å². The number of hydrogen-bond acceptors (Lipinski definition) is 3. The maximum absolute atomic E-state index is 4.67. The molecule has 1 atom stereocenters. The van der Waals surface area contributed by atoms with Crippen LogP contribution in [0.4, 0.5) is 0 Å². The van der Waals surface area contributed by atoms with Crippen molar-refractivity contribution in [2.75, 3.05) is 7.05 Å². The number of fused-ring (bicyclic) bond motifs is 1. The molecule has 0 aliphatic rings. The fraction of sp³-hybridized carbons (Fsp3) is 0.333. The molecule has 0 fully saturated rings. The summed E-state index contributed by atoms with van der Waals surface area (Å²) >= 11 is 0. The average Bonchev–Trinajstić information content (AvgIpc) is 2.39. The molecule has 0 bridgehead atoms. The van der Waals surface area contributed by atoms with Gasteiger partial charge in [0.2, 0.25) is 0 Å². The summed E-state index contributed by atoms with van der Waals surface area (Å²) in [5.74, 6) is 0. The molecule has 94 valence electrons. The lowest BCUT2D eigenvalue weighted by atomic mass is 10.1. The number of nitrogens with one attached hydrogen (secondary N) is 1. The predicted octanol–water partition coefficient (Wildman–Crippen LogP) is 3.25. The van der Waals surface area contributed by atoms with Crippen molar-refractivity contribution < 1.29 is 0 Å². The molecule has 0 amide bonds. The van der Waals surface area contributed by atoms with E-state index in [4.69, 9.17) is 0 Å². The summed E-state index contributed by atoms with van der Waals surface area (Å²) in [5.41, 5.74) is 4.09. The van der Waals surface area contributed by atoms with Gasteiger partial charge in [-0.3, -0.25) is 4.98 Å². The van der Waals surface area contributed by atoms with Crippen molar-refractivity contribution in [3.63, 3.8) is 0 Å². The molecule has 3 heteroatoms. The molecule has 1 heterocycles. The standard InChI is InChI=1S/C15H19N3/c1-11(2)8-9-12(16-3)15-10-17-13-6-4-5-7-14(13)18-15/h4-7,10,12,16H,1,8-9H2,2-3H3. The molecule has 2 rings (SSSR count). The molecule has 0 saturated heterocycles. The van der Waals surface area contributed by atoms with E-state index in [1.807, 2.05) is 37.5 Å². The van der Waals surface area contributed by atoms with E-state index in [1.165, 1.54) is 5.57 Å². The molecule has 0 saturated carbocycles. The largest absolute Gasteiger partial charge is 0.312 e. The molecule has 3 nitrogen and oxygen atoms in total. The fourth-order valence-electron chi connectivity index (χ4n) is 1.97. The van der Waals surface area contributed by atoms with Gasteiger partial charge in [-0.05, 0) is 38.9 Å². The number of allylic oxidation sites excluding steroid dienone is 1. The van der Waals surface area contributed by atoms with Crippen LogP contribution in [-0.2, 0) is 0 Å². The first-order chi connectivity index (χ1) is 8.70. The quantitative estimate of drug-likeness (QED) is 0.817. The van der Waals surface area contributed by atoms with E-state index in [0.29, 0.717) is 0 Å². The van der Waals surface area contributed by atoms with E-state index in [9.17, 15) is 0 Å². The van der Waals surface area contributed by atoms with Crippen LogP contribution in [0.15, 0.2) is 42.6 Å². The third-order valence-corrected chi connectivity index (χ3v) is 3.03. The zero-order valence-corrected chi connectivity index (χ0v) is 11.0. The zero-order chi connectivity index (χ0) is 13.0. The van der Waals surface area contributed by atoms with Gasteiger partial charge in [0.15, 0.2) is 0 Å². The van der Waals surface area contributed by atoms with Crippen LogP contribution in [0.1, 0.15) is 31.5 Å². The minimum atomic E-state index is 0.235. The summed E-state index contributed by atoms with van der Waals surface area (Å²) < 4.78 is 0. The van der Waals surface area contributed by atoms with Gasteiger partial charge in [-0.2, -0.15) is 0 Å². The number of nitrogens with zero attached hydrogens (tertiary/aromatic N) is 2. The summed E-state index contributed by atoms with van der Waals surface area (Å²) in [6.45, 7) is 6.00. The molecule has 1 aromatic heterocycles. The summed E-state index contributed by atoms with van der Waals surface area (Å²) in [6.07, 6.45) is 3.86. The maximum atomic E-state index is 4.67. The normalized spacial score (nSPS) is 12.6. The molecule has 1 unspecified atom stereocenters. The lowest BCUT2D eigenvalue weighted by Crippen LogP contribution is -2.18. The van der Waals surface area contributed by atoms with Crippen molar-refractivity contribution in [2.45, 2.75) is 25.8 Å². The molecule has 18 heavy (non-hydrogen) atoms. The van der Waals surface area contributed by atoms with E-state index >= 15 is 0 Å². The molecule has 2 aromatic rings. The number of hydrogen-bond donors (Lipinski definition) is 1. The average molecular weight is 241 g/mol. The highest BCUT2D eigenvalue weighted by atomic mass is 14.9. The first-order valence-corrected chi connectivity index (χ1v) is 6.24. The van der Waals surface area contributed by atoms with E-state index in [0.717, 1.165) is 29.6 Å². The lowest BCUT2D eigenvalue weighted by Gasteiger charge is -2.15. The third kappa shape index (κ3) is 2.93. The second-order valence-electron chi connectivity index (χ2n) is 4.62. The van der Waals surface area contributed by atoms with Gasteiger partial charge in [-0.1, -0.05) is 17.7 Å². The van der Waals surface area contributed by atoms with Gasteiger partial charge in [0.1, 0.15) is 0 Å². The first kappa shape index (κ1) is 12.7. The van der Waals surface area contributed by atoms with Gasteiger partial charge in [0.05, 0.1) is 29.0 Å². The van der Waals surface area contributed by atoms with Gasteiger partial charge >= 0.3 is 0 Å². The van der Waals surface area contributed by atoms with Crippen LogP contribution in [0.5, 0.6) is 0 Å². The van der Waals surface area contributed by atoms with Crippen LogP contribution in [0.25, 0.3) is 11.0 Å². The Morgan fingerprint density at radius 1 is 1.33 bits per heavy atom. The summed E-state index contributed by atoms with van der Waals surface area (Å²) in [4.78, 5) is 9.12. The maximum Gasteiger partial charge on any atom is 0.0890 e. The Labute approximate surface area is 108 Å². The Kier molecular flexibility index (Phi) is 4.05. The molecular weight excluding hydrogens is 222 g/mol. The Morgan fingerprint density at radius 2 is 2.06 bits per heavy atom. The fourth-order valence-corrected chi connectivity index (χ4v) is 1.97.